The molecule has 0 bridgehead atoms. The number of hydrogen-bond donors (Lipinski definition) is 2. The van der Waals surface area contributed by atoms with Crippen molar-refractivity contribution < 1.29 is 19.6 Å². The van der Waals surface area contributed by atoms with Crippen molar-refractivity contribution in [2.45, 2.75) is 12.5 Å². The summed E-state index contributed by atoms with van der Waals surface area (Å²) in [5.41, 5.74) is 5.65. The Balaban J connectivity index is 3.02. The number of benzene rings is 1. The van der Waals surface area contributed by atoms with Crippen LogP contribution in [-0.2, 0) is 11.2 Å². The lowest BCUT2D eigenvalue weighted by atomic mass is 10.1. The molecular weight excluding hydrogens is 228 g/mol. The summed E-state index contributed by atoms with van der Waals surface area (Å²) in [4.78, 5) is 20.7. The summed E-state index contributed by atoms with van der Waals surface area (Å²) < 4.78 is 4.90. The van der Waals surface area contributed by atoms with E-state index in [0.717, 1.165) is 0 Å². The average Bonchev–Trinajstić information content (AvgIpc) is 2.28. The van der Waals surface area contributed by atoms with Crippen LogP contribution < -0.4 is 10.5 Å². The predicted molar refractivity (Wildman–Crippen MR) is 59.0 cm³/mol. The SMILES string of the molecule is COc1cc(C[C@@H](N)C(=O)O)cc([N+](=O)[O-])c1. The van der Waals surface area contributed by atoms with E-state index < -0.39 is 16.9 Å². The molecule has 7 nitrogen and oxygen atoms in total. The Morgan fingerprint density at radius 1 is 1.59 bits per heavy atom. The molecule has 3 N–H and O–H groups in total. The number of nitro benzene ring substituents is 1. The van der Waals surface area contributed by atoms with E-state index in [9.17, 15) is 14.9 Å². The minimum atomic E-state index is -1.16. The molecule has 0 saturated heterocycles. The zero-order chi connectivity index (χ0) is 13.0. The summed E-state index contributed by atoms with van der Waals surface area (Å²) in [6.07, 6.45) is 0.00731. The first-order valence-corrected chi connectivity index (χ1v) is 4.74. The molecule has 0 aromatic heterocycles. The molecule has 1 atom stereocenters. The number of carboxylic acid groups (broad SMARTS) is 1. The molecule has 0 unspecified atom stereocenters. The summed E-state index contributed by atoms with van der Waals surface area (Å²) in [5, 5.41) is 19.3. The van der Waals surface area contributed by atoms with Crippen LogP contribution in [0, 0.1) is 10.1 Å². The number of nitrogens with two attached hydrogens (primary N) is 1. The van der Waals surface area contributed by atoms with Crippen molar-refractivity contribution >= 4 is 11.7 Å². The molecule has 0 heterocycles. The number of nitrogens with zero attached hydrogens (tertiary/aromatic N) is 1. The highest BCUT2D eigenvalue weighted by Gasteiger charge is 2.16. The smallest absolute Gasteiger partial charge is 0.320 e. The van der Waals surface area contributed by atoms with Gasteiger partial charge in [-0.15, -0.1) is 0 Å². The quantitative estimate of drug-likeness (QED) is 0.573. The van der Waals surface area contributed by atoms with Gasteiger partial charge in [0.25, 0.3) is 5.69 Å². The first kappa shape index (κ1) is 12.9. The monoisotopic (exact) mass is 240 g/mol. The van der Waals surface area contributed by atoms with Crippen LogP contribution in [0.3, 0.4) is 0 Å². The van der Waals surface area contributed by atoms with Crippen LogP contribution in [0.1, 0.15) is 5.56 Å². The second kappa shape index (κ2) is 5.26. The van der Waals surface area contributed by atoms with Gasteiger partial charge in [-0.1, -0.05) is 0 Å². The molecule has 1 aromatic rings. The second-order valence-electron chi connectivity index (χ2n) is 3.45. The lowest BCUT2D eigenvalue weighted by Crippen LogP contribution is -2.32. The van der Waals surface area contributed by atoms with Crippen molar-refractivity contribution in [3.8, 4) is 5.75 Å². The van der Waals surface area contributed by atoms with Crippen LogP contribution in [0.2, 0.25) is 0 Å². The van der Waals surface area contributed by atoms with Crippen LogP contribution in [0.25, 0.3) is 0 Å². The van der Waals surface area contributed by atoms with Crippen LogP contribution in [-0.4, -0.2) is 29.2 Å². The lowest BCUT2D eigenvalue weighted by Gasteiger charge is -2.08. The Kier molecular flexibility index (Phi) is 4.00. The molecule has 0 saturated carbocycles. The van der Waals surface area contributed by atoms with Gasteiger partial charge in [-0.05, 0) is 18.1 Å². The Hall–Kier alpha value is -2.15. The van der Waals surface area contributed by atoms with Crippen LogP contribution in [0.5, 0.6) is 5.75 Å². The number of aliphatic carboxylic acids is 1. The van der Waals surface area contributed by atoms with Gasteiger partial charge < -0.3 is 15.6 Å². The van der Waals surface area contributed by atoms with Gasteiger partial charge in [0.2, 0.25) is 0 Å². The molecule has 0 aliphatic carbocycles. The first-order valence-electron chi connectivity index (χ1n) is 4.74. The third-order valence-electron chi connectivity index (χ3n) is 2.17. The number of ether oxygens (including phenoxy) is 1. The number of non-ortho nitro benzene ring substituents is 1. The molecule has 17 heavy (non-hydrogen) atoms. The summed E-state index contributed by atoms with van der Waals surface area (Å²) in [7, 11) is 1.37. The van der Waals surface area contributed by atoms with Crippen molar-refractivity contribution in [2.24, 2.45) is 5.73 Å². The predicted octanol–water partition coefficient (Wildman–Crippen LogP) is 0.558. The topological polar surface area (TPSA) is 116 Å². The minimum Gasteiger partial charge on any atom is -0.496 e. The van der Waals surface area contributed by atoms with Gasteiger partial charge in [0, 0.05) is 6.07 Å². The summed E-state index contributed by atoms with van der Waals surface area (Å²) in [5.74, 6) is -0.859. The Morgan fingerprint density at radius 2 is 2.24 bits per heavy atom. The molecule has 92 valence electrons. The second-order valence-corrected chi connectivity index (χ2v) is 3.45. The van der Waals surface area contributed by atoms with Crippen molar-refractivity contribution in [2.75, 3.05) is 7.11 Å². The zero-order valence-corrected chi connectivity index (χ0v) is 9.12. The third-order valence-corrected chi connectivity index (χ3v) is 2.17. The largest absolute Gasteiger partial charge is 0.496 e. The maximum Gasteiger partial charge on any atom is 0.320 e. The van der Waals surface area contributed by atoms with E-state index in [4.69, 9.17) is 15.6 Å². The van der Waals surface area contributed by atoms with Crippen molar-refractivity contribution in [3.05, 3.63) is 33.9 Å². The normalized spacial score (nSPS) is 11.9. The van der Waals surface area contributed by atoms with Crippen LogP contribution in [0.4, 0.5) is 5.69 Å². The molecule has 0 radical (unpaired) electrons. The zero-order valence-electron chi connectivity index (χ0n) is 9.12. The number of carboxylic acids is 1. The standard InChI is InChI=1S/C10H12N2O5/c1-17-8-3-6(4-9(11)10(13)14)2-7(5-8)12(15)16/h2-3,5,9H,4,11H2,1H3,(H,13,14)/t9-/m1/s1. The summed E-state index contributed by atoms with van der Waals surface area (Å²) >= 11 is 0. The molecule has 1 aromatic carbocycles. The number of methoxy groups -OCH3 is 1. The highest BCUT2D eigenvalue weighted by Crippen LogP contribution is 2.23. The van der Waals surface area contributed by atoms with Gasteiger partial charge in [0.1, 0.15) is 11.8 Å². The molecule has 0 amide bonds. The lowest BCUT2D eigenvalue weighted by molar-refractivity contribution is -0.385. The Morgan fingerprint density at radius 3 is 2.71 bits per heavy atom. The van der Waals surface area contributed by atoms with Gasteiger partial charge in [-0.25, -0.2) is 0 Å². The average molecular weight is 240 g/mol. The molecule has 1 rings (SSSR count). The van der Waals surface area contributed by atoms with Crippen molar-refractivity contribution in [1.29, 1.82) is 0 Å². The first-order chi connectivity index (χ1) is 7.93. The van der Waals surface area contributed by atoms with Crippen molar-refractivity contribution in [3.63, 3.8) is 0 Å². The minimum absolute atomic E-state index is 0.00731. The highest BCUT2D eigenvalue weighted by atomic mass is 16.6. The summed E-state index contributed by atoms with van der Waals surface area (Å²) in [6, 6.07) is 2.97. The van der Waals surface area contributed by atoms with Gasteiger partial charge in [-0.3, -0.25) is 14.9 Å². The number of carbonyl (C=O) groups is 1. The molecule has 0 spiro atoms. The van der Waals surface area contributed by atoms with E-state index in [1.165, 1.54) is 25.3 Å². The molecule has 0 fully saturated rings. The van der Waals surface area contributed by atoms with E-state index in [2.05, 4.69) is 0 Å². The van der Waals surface area contributed by atoms with Gasteiger partial charge in [-0.2, -0.15) is 0 Å². The van der Waals surface area contributed by atoms with E-state index in [-0.39, 0.29) is 12.1 Å². The maximum absolute atomic E-state index is 10.6. The van der Waals surface area contributed by atoms with Crippen LogP contribution >= 0.6 is 0 Å². The highest BCUT2D eigenvalue weighted by molar-refractivity contribution is 5.73. The van der Waals surface area contributed by atoms with E-state index in [0.29, 0.717) is 11.3 Å². The Labute approximate surface area is 97.0 Å². The molecular formula is C10H12N2O5. The fourth-order valence-corrected chi connectivity index (χ4v) is 1.33. The van der Waals surface area contributed by atoms with E-state index in [1.807, 2.05) is 0 Å². The van der Waals surface area contributed by atoms with Gasteiger partial charge in [0.15, 0.2) is 0 Å². The third kappa shape index (κ3) is 3.42. The number of rotatable bonds is 5. The van der Waals surface area contributed by atoms with Crippen LogP contribution in [0.15, 0.2) is 18.2 Å². The molecule has 0 aliphatic rings. The fourth-order valence-electron chi connectivity index (χ4n) is 1.33. The molecule has 0 aliphatic heterocycles. The van der Waals surface area contributed by atoms with Crippen molar-refractivity contribution in [1.82, 2.24) is 0 Å². The van der Waals surface area contributed by atoms with E-state index in [1.54, 1.807) is 0 Å². The molecule has 7 heteroatoms. The Bertz CT molecular complexity index is 446. The van der Waals surface area contributed by atoms with Gasteiger partial charge in [0.05, 0.1) is 18.1 Å². The number of nitro groups is 1. The summed E-state index contributed by atoms with van der Waals surface area (Å²) in [6.45, 7) is 0. The number of hydrogen-bond acceptors (Lipinski definition) is 5. The van der Waals surface area contributed by atoms with Gasteiger partial charge >= 0.3 is 5.97 Å². The van der Waals surface area contributed by atoms with E-state index >= 15 is 0 Å². The maximum atomic E-state index is 10.6. The fraction of sp³-hybridized carbons (Fsp3) is 0.300.